The molecule has 2 rings (SSSR count). The maximum absolute atomic E-state index is 12.0. The van der Waals surface area contributed by atoms with Gasteiger partial charge in [0, 0.05) is 41.4 Å². The number of anilines is 3. The third-order valence-electron chi connectivity index (χ3n) is 3.31. The normalized spacial score (nSPS) is 10.1. The molecular formula is C18H20BrN3O2. The summed E-state index contributed by atoms with van der Waals surface area (Å²) in [5.41, 5.74) is 3.44. The second kappa shape index (κ2) is 8.49. The monoisotopic (exact) mass is 389 g/mol. The van der Waals surface area contributed by atoms with Gasteiger partial charge < -0.3 is 16.0 Å². The number of hydrogen-bond acceptors (Lipinski definition) is 3. The summed E-state index contributed by atoms with van der Waals surface area (Å²) in [6.45, 7) is 3.95. The Morgan fingerprint density at radius 3 is 2.42 bits per heavy atom. The summed E-state index contributed by atoms with van der Waals surface area (Å²) in [7, 11) is 0. The summed E-state index contributed by atoms with van der Waals surface area (Å²) in [6.07, 6.45) is 0.347. The highest BCUT2D eigenvalue weighted by molar-refractivity contribution is 9.10. The van der Waals surface area contributed by atoms with Crippen LogP contribution in [-0.2, 0) is 9.59 Å². The predicted octanol–water partition coefficient (Wildman–Crippen LogP) is 4.16. The molecule has 0 fully saturated rings. The van der Waals surface area contributed by atoms with Crippen molar-refractivity contribution in [2.75, 3.05) is 22.5 Å². The van der Waals surface area contributed by atoms with Gasteiger partial charge in [0.1, 0.15) is 0 Å². The molecule has 6 heteroatoms. The summed E-state index contributed by atoms with van der Waals surface area (Å²) in [6, 6.07) is 13.1. The second-order valence-corrected chi connectivity index (χ2v) is 6.31. The van der Waals surface area contributed by atoms with Gasteiger partial charge in [-0.3, -0.25) is 9.59 Å². The third kappa shape index (κ3) is 5.70. The summed E-state index contributed by atoms with van der Waals surface area (Å²) < 4.78 is 1.02. The first-order chi connectivity index (χ1) is 11.4. The zero-order valence-electron chi connectivity index (χ0n) is 13.7. The van der Waals surface area contributed by atoms with Crippen LogP contribution < -0.4 is 16.0 Å². The van der Waals surface area contributed by atoms with Crippen molar-refractivity contribution < 1.29 is 9.59 Å². The predicted molar refractivity (Wildman–Crippen MR) is 101 cm³/mol. The van der Waals surface area contributed by atoms with E-state index in [0.717, 1.165) is 27.1 Å². The van der Waals surface area contributed by atoms with Crippen LogP contribution in [0.1, 0.15) is 18.9 Å². The Morgan fingerprint density at radius 1 is 1.00 bits per heavy atom. The standard InChI is InChI=1S/C18H20BrN3O2/c1-12-10-16(6-7-17(12)19)22-18(24)8-9-20-14-4-3-5-15(11-14)21-13(2)23/h3-7,10-11,20H,8-9H2,1-2H3,(H,21,23)(H,22,24). The summed E-state index contributed by atoms with van der Waals surface area (Å²) in [5.74, 6) is -0.168. The lowest BCUT2D eigenvalue weighted by atomic mass is 10.2. The Morgan fingerprint density at radius 2 is 1.71 bits per heavy atom. The molecule has 5 nitrogen and oxygen atoms in total. The molecule has 126 valence electrons. The van der Waals surface area contributed by atoms with Crippen LogP contribution in [0.4, 0.5) is 17.1 Å². The largest absolute Gasteiger partial charge is 0.384 e. The van der Waals surface area contributed by atoms with Crippen LogP contribution in [0.2, 0.25) is 0 Å². The molecular weight excluding hydrogens is 370 g/mol. The fourth-order valence-electron chi connectivity index (χ4n) is 2.18. The quantitative estimate of drug-likeness (QED) is 0.694. The molecule has 0 aliphatic carbocycles. The van der Waals surface area contributed by atoms with Crippen molar-refractivity contribution in [3.05, 3.63) is 52.5 Å². The number of aryl methyl sites for hydroxylation is 1. The van der Waals surface area contributed by atoms with E-state index in [2.05, 4.69) is 31.9 Å². The van der Waals surface area contributed by atoms with E-state index in [1.54, 1.807) is 0 Å². The van der Waals surface area contributed by atoms with Gasteiger partial charge in [-0.2, -0.15) is 0 Å². The molecule has 3 N–H and O–H groups in total. The van der Waals surface area contributed by atoms with Gasteiger partial charge in [0.05, 0.1) is 0 Å². The Balaban J connectivity index is 1.82. The second-order valence-electron chi connectivity index (χ2n) is 5.45. The van der Waals surface area contributed by atoms with E-state index >= 15 is 0 Å². The van der Waals surface area contributed by atoms with Gasteiger partial charge >= 0.3 is 0 Å². The summed E-state index contributed by atoms with van der Waals surface area (Å²) in [4.78, 5) is 23.1. The molecule has 2 aromatic rings. The first-order valence-corrected chi connectivity index (χ1v) is 8.41. The van der Waals surface area contributed by atoms with Crippen LogP contribution in [0.15, 0.2) is 46.9 Å². The highest BCUT2D eigenvalue weighted by atomic mass is 79.9. The van der Waals surface area contributed by atoms with E-state index in [9.17, 15) is 9.59 Å². The average Bonchev–Trinajstić information content (AvgIpc) is 2.51. The molecule has 0 unspecified atom stereocenters. The topological polar surface area (TPSA) is 70.2 Å². The Bertz CT molecular complexity index is 747. The highest BCUT2D eigenvalue weighted by Gasteiger charge is 2.04. The van der Waals surface area contributed by atoms with Crippen LogP contribution in [0.25, 0.3) is 0 Å². The van der Waals surface area contributed by atoms with Gasteiger partial charge in [-0.15, -0.1) is 0 Å². The third-order valence-corrected chi connectivity index (χ3v) is 4.20. The molecule has 2 aromatic carbocycles. The van der Waals surface area contributed by atoms with E-state index in [1.165, 1.54) is 6.92 Å². The van der Waals surface area contributed by atoms with Crippen molar-refractivity contribution in [1.82, 2.24) is 0 Å². The average molecular weight is 390 g/mol. The zero-order chi connectivity index (χ0) is 17.5. The maximum Gasteiger partial charge on any atom is 0.226 e. The number of rotatable bonds is 6. The molecule has 0 saturated carbocycles. The molecule has 0 atom stereocenters. The molecule has 0 aliphatic heterocycles. The lowest BCUT2D eigenvalue weighted by molar-refractivity contribution is -0.116. The van der Waals surface area contributed by atoms with Crippen LogP contribution in [0, 0.1) is 6.92 Å². The summed E-state index contributed by atoms with van der Waals surface area (Å²) in [5, 5.41) is 8.78. The van der Waals surface area contributed by atoms with Gasteiger partial charge in [-0.1, -0.05) is 22.0 Å². The number of carbonyl (C=O) groups excluding carboxylic acids is 2. The molecule has 24 heavy (non-hydrogen) atoms. The van der Waals surface area contributed by atoms with Crippen molar-refractivity contribution in [2.24, 2.45) is 0 Å². The lowest BCUT2D eigenvalue weighted by Gasteiger charge is -2.10. The number of benzene rings is 2. The van der Waals surface area contributed by atoms with Crippen molar-refractivity contribution >= 4 is 44.8 Å². The molecule has 0 heterocycles. The zero-order valence-corrected chi connectivity index (χ0v) is 15.2. The van der Waals surface area contributed by atoms with E-state index in [0.29, 0.717) is 13.0 Å². The molecule has 0 saturated heterocycles. The minimum absolute atomic E-state index is 0.0535. The maximum atomic E-state index is 12.0. The number of nitrogens with one attached hydrogen (secondary N) is 3. The minimum Gasteiger partial charge on any atom is -0.384 e. The first-order valence-electron chi connectivity index (χ1n) is 7.61. The van der Waals surface area contributed by atoms with Crippen molar-refractivity contribution in [3.63, 3.8) is 0 Å². The van der Waals surface area contributed by atoms with Gasteiger partial charge in [0.2, 0.25) is 11.8 Å². The highest BCUT2D eigenvalue weighted by Crippen LogP contribution is 2.20. The van der Waals surface area contributed by atoms with Gasteiger partial charge in [0.15, 0.2) is 0 Å². The van der Waals surface area contributed by atoms with Crippen LogP contribution in [0.3, 0.4) is 0 Å². The number of halogens is 1. The van der Waals surface area contributed by atoms with E-state index in [1.807, 2.05) is 49.4 Å². The van der Waals surface area contributed by atoms with Gasteiger partial charge in [-0.05, 0) is 48.9 Å². The SMILES string of the molecule is CC(=O)Nc1cccc(NCCC(=O)Nc2ccc(Br)c(C)c2)c1. The van der Waals surface area contributed by atoms with Crippen LogP contribution >= 0.6 is 15.9 Å². The van der Waals surface area contributed by atoms with Gasteiger partial charge in [0.25, 0.3) is 0 Å². The van der Waals surface area contributed by atoms with Gasteiger partial charge in [-0.25, -0.2) is 0 Å². The molecule has 2 amide bonds. The Hall–Kier alpha value is -2.34. The fraction of sp³-hybridized carbons (Fsp3) is 0.222. The molecule has 0 bridgehead atoms. The van der Waals surface area contributed by atoms with Crippen LogP contribution in [-0.4, -0.2) is 18.4 Å². The molecule has 0 radical (unpaired) electrons. The van der Waals surface area contributed by atoms with Crippen LogP contribution in [0.5, 0.6) is 0 Å². The van der Waals surface area contributed by atoms with Crippen molar-refractivity contribution in [2.45, 2.75) is 20.3 Å². The first kappa shape index (κ1) is 18.0. The Kier molecular flexibility index (Phi) is 6.37. The van der Waals surface area contributed by atoms with E-state index in [4.69, 9.17) is 0 Å². The number of amides is 2. The van der Waals surface area contributed by atoms with Crippen molar-refractivity contribution in [3.8, 4) is 0 Å². The molecule has 0 spiro atoms. The van der Waals surface area contributed by atoms with E-state index < -0.39 is 0 Å². The summed E-state index contributed by atoms with van der Waals surface area (Å²) >= 11 is 3.44. The lowest BCUT2D eigenvalue weighted by Crippen LogP contribution is -2.16. The number of carbonyl (C=O) groups is 2. The van der Waals surface area contributed by atoms with Crippen molar-refractivity contribution in [1.29, 1.82) is 0 Å². The fourth-order valence-corrected chi connectivity index (χ4v) is 2.42. The molecule has 0 aliphatic rings. The smallest absolute Gasteiger partial charge is 0.226 e. The number of hydrogen-bond donors (Lipinski definition) is 3. The molecule has 0 aromatic heterocycles. The minimum atomic E-state index is -0.115. The van der Waals surface area contributed by atoms with E-state index in [-0.39, 0.29) is 11.8 Å². The Labute approximate surface area is 150 Å².